The van der Waals surface area contributed by atoms with Gasteiger partial charge >= 0.3 is 0 Å². The van der Waals surface area contributed by atoms with Gasteiger partial charge in [-0.2, -0.15) is 0 Å². The van der Waals surface area contributed by atoms with Crippen LogP contribution in [0, 0.1) is 0 Å². The summed E-state index contributed by atoms with van der Waals surface area (Å²) in [4.78, 5) is 0. The van der Waals surface area contributed by atoms with Crippen molar-refractivity contribution in [1.82, 2.24) is 0 Å². The summed E-state index contributed by atoms with van der Waals surface area (Å²) in [5.74, 6) is 0. The van der Waals surface area contributed by atoms with Gasteiger partial charge in [0.05, 0.1) is 0 Å². The molecule has 0 heterocycles. The summed E-state index contributed by atoms with van der Waals surface area (Å²) in [7, 11) is 0. The van der Waals surface area contributed by atoms with E-state index in [1.165, 1.54) is 38.5 Å². The molecular formula is C18H26. The van der Waals surface area contributed by atoms with Crippen molar-refractivity contribution in [2.75, 3.05) is 0 Å². The molecule has 18 heavy (non-hydrogen) atoms. The Morgan fingerprint density at radius 2 is 1.83 bits per heavy atom. The molecule has 98 valence electrons. The normalized spacial score (nSPS) is 27.8. The lowest BCUT2D eigenvalue weighted by Crippen LogP contribution is -2.27. The highest BCUT2D eigenvalue weighted by molar-refractivity contribution is 5.41. The van der Waals surface area contributed by atoms with Crippen molar-refractivity contribution in [3.05, 3.63) is 47.0 Å². The summed E-state index contributed by atoms with van der Waals surface area (Å²) in [5, 5.41) is 0. The third-order valence-electron chi connectivity index (χ3n) is 4.59. The zero-order valence-corrected chi connectivity index (χ0v) is 12.1. The van der Waals surface area contributed by atoms with E-state index in [1.54, 1.807) is 16.7 Å². The van der Waals surface area contributed by atoms with Gasteiger partial charge in [0.25, 0.3) is 0 Å². The molecule has 0 aromatic heterocycles. The molecule has 1 unspecified atom stereocenters. The Bertz CT molecular complexity index is 423. The number of hydrogen-bond acceptors (Lipinski definition) is 0. The lowest BCUT2D eigenvalue weighted by molar-refractivity contribution is 0.340. The summed E-state index contributed by atoms with van der Waals surface area (Å²) >= 11 is 0. The van der Waals surface area contributed by atoms with Crippen LogP contribution in [0.4, 0.5) is 0 Å². The lowest BCUT2D eigenvalue weighted by atomic mass is 9.68. The fraction of sp³-hybridized carbons (Fsp3) is 0.556. The molecule has 0 heteroatoms. The van der Waals surface area contributed by atoms with Crippen LogP contribution in [0.2, 0.25) is 0 Å². The van der Waals surface area contributed by atoms with Crippen LogP contribution < -0.4 is 0 Å². The number of benzene rings is 1. The summed E-state index contributed by atoms with van der Waals surface area (Å²) < 4.78 is 0. The molecular weight excluding hydrogens is 216 g/mol. The standard InChI is InChI=1S/C16H20.C2H6/c1-2-13-6-5-10-16(12-13)11-9-14-7-3-4-8-15(14)16;1-2/h2-4,7-8H,5-6,9-12H2,1H3;1-2H3. The first-order valence-corrected chi connectivity index (χ1v) is 7.56. The molecule has 1 atom stereocenters. The average Bonchev–Trinajstić information content (AvgIpc) is 2.80. The van der Waals surface area contributed by atoms with Gasteiger partial charge < -0.3 is 0 Å². The number of fused-ring (bicyclic) bond motifs is 2. The summed E-state index contributed by atoms with van der Waals surface area (Å²) in [6, 6.07) is 9.11. The van der Waals surface area contributed by atoms with E-state index in [4.69, 9.17) is 0 Å². The van der Waals surface area contributed by atoms with E-state index in [0.29, 0.717) is 5.41 Å². The maximum atomic E-state index is 2.38. The number of rotatable bonds is 0. The minimum Gasteiger partial charge on any atom is -0.0884 e. The Hall–Kier alpha value is -1.04. The van der Waals surface area contributed by atoms with Gasteiger partial charge in [-0.1, -0.05) is 49.8 Å². The first-order chi connectivity index (χ1) is 8.84. The van der Waals surface area contributed by atoms with E-state index < -0.39 is 0 Å². The molecule has 0 aliphatic heterocycles. The van der Waals surface area contributed by atoms with Gasteiger partial charge in [-0.3, -0.25) is 0 Å². The van der Waals surface area contributed by atoms with Crippen LogP contribution in [0.5, 0.6) is 0 Å². The van der Waals surface area contributed by atoms with Crippen LogP contribution in [0.25, 0.3) is 0 Å². The van der Waals surface area contributed by atoms with Crippen molar-refractivity contribution in [2.45, 2.75) is 64.7 Å². The zero-order chi connectivity index (χ0) is 13.0. The summed E-state index contributed by atoms with van der Waals surface area (Å²) in [6.45, 7) is 6.20. The highest BCUT2D eigenvalue weighted by Crippen LogP contribution is 2.49. The van der Waals surface area contributed by atoms with Crippen LogP contribution in [0.3, 0.4) is 0 Å². The highest BCUT2D eigenvalue weighted by atomic mass is 14.4. The zero-order valence-electron chi connectivity index (χ0n) is 12.1. The maximum absolute atomic E-state index is 2.38. The molecule has 0 nitrogen and oxygen atoms in total. The Balaban J connectivity index is 0.000000574. The topological polar surface area (TPSA) is 0 Å². The second-order valence-corrected chi connectivity index (χ2v) is 5.41. The Kier molecular flexibility index (Phi) is 4.27. The van der Waals surface area contributed by atoms with E-state index in [1.807, 2.05) is 13.8 Å². The van der Waals surface area contributed by atoms with Crippen molar-refractivity contribution < 1.29 is 0 Å². The summed E-state index contributed by atoms with van der Waals surface area (Å²) in [6.07, 6.45) is 10.5. The highest BCUT2D eigenvalue weighted by Gasteiger charge is 2.40. The molecule has 2 aliphatic carbocycles. The predicted octanol–water partition coefficient (Wildman–Crippen LogP) is 5.42. The Morgan fingerprint density at radius 3 is 2.61 bits per heavy atom. The second kappa shape index (κ2) is 5.73. The van der Waals surface area contributed by atoms with Crippen molar-refractivity contribution in [2.24, 2.45) is 0 Å². The van der Waals surface area contributed by atoms with E-state index in [-0.39, 0.29) is 0 Å². The van der Waals surface area contributed by atoms with Crippen molar-refractivity contribution in [3.63, 3.8) is 0 Å². The summed E-state index contributed by atoms with van der Waals surface area (Å²) in [5.41, 5.74) is 5.47. The smallest absolute Gasteiger partial charge is 0.000389 e. The van der Waals surface area contributed by atoms with Gasteiger partial charge in [0.15, 0.2) is 0 Å². The number of hydrogen-bond donors (Lipinski definition) is 0. The van der Waals surface area contributed by atoms with Crippen LogP contribution in [0.15, 0.2) is 35.9 Å². The molecule has 0 N–H and O–H groups in total. The molecule has 1 aromatic rings. The lowest BCUT2D eigenvalue weighted by Gasteiger charge is -2.36. The molecule has 1 saturated carbocycles. The molecule has 1 aromatic carbocycles. The maximum Gasteiger partial charge on any atom is -0.000389 e. The number of aryl methyl sites for hydroxylation is 1. The van der Waals surface area contributed by atoms with Gasteiger partial charge in [-0.25, -0.2) is 0 Å². The van der Waals surface area contributed by atoms with E-state index in [0.717, 1.165) is 0 Å². The molecule has 0 saturated heterocycles. The monoisotopic (exact) mass is 242 g/mol. The largest absolute Gasteiger partial charge is 0.0884 e. The molecule has 1 spiro atoms. The Labute approximate surface area is 112 Å². The molecule has 0 amide bonds. The molecule has 0 radical (unpaired) electrons. The van der Waals surface area contributed by atoms with Crippen molar-refractivity contribution in [3.8, 4) is 0 Å². The van der Waals surface area contributed by atoms with Gasteiger partial charge in [-0.05, 0) is 62.0 Å². The fourth-order valence-corrected chi connectivity index (χ4v) is 3.72. The molecule has 3 rings (SSSR count). The van der Waals surface area contributed by atoms with Gasteiger partial charge in [-0.15, -0.1) is 0 Å². The first-order valence-electron chi connectivity index (χ1n) is 7.56. The predicted molar refractivity (Wildman–Crippen MR) is 80.0 cm³/mol. The van der Waals surface area contributed by atoms with Gasteiger partial charge in [0.1, 0.15) is 0 Å². The average molecular weight is 242 g/mol. The molecule has 2 aliphatic rings. The van der Waals surface area contributed by atoms with Crippen molar-refractivity contribution >= 4 is 0 Å². The Morgan fingerprint density at radius 1 is 1.06 bits per heavy atom. The van der Waals surface area contributed by atoms with Gasteiger partial charge in [0, 0.05) is 0 Å². The fourth-order valence-electron chi connectivity index (χ4n) is 3.72. The van der Waals surface area contributed by atoms with Crippen LogP contribution in [-0.2, 0) is 11.8 Å². The molecule has 0 bridgehead atoms. The molecule has 1 fully saturated rings. The first kappa shape index (κ1) is 13.4. The van der Waals surface area contributed by atoms with Crippen LogP contribution in [0.1, 0.15) is 64.0 Å². The SMILES string of the molecule is CC.CC=C1CCCC2(CCc3ccccc32)C1. The van der Waals surface area contributed by atoms with E-state index >= 15 is 0 Å². The minimum absolute atomic E-state index is 0.511. The number of allylic oxidation sites excluding steroid dienone is 2. The minimum atomic E-state index is 0.511. The third-order valence-corrected chi connectivity index (χ3v) is 4.59. The van der Waals surface area contributed by atoms with Gasteiger partial charge in [0.2, 0.25) is 0 Å². The quantitative estimate of drug-likeness (QED) is 0.533. The van der Waals surface area contributed by atoms with E-state index in [9.17, 15) is 0 Å². The van der Waals surface area contributed by atoms with Crippen molar-refractivity contribution in [1.29, 1.82) is 0 Å². The third kappa shape index (κ3) is 2.25. The van der Waals surface area contributed by atoms with Crippen LogP contribution in [-0.4, -0.2) is 0 Å². The van der Waals surface area contributed by atoms with Crippen LogP contribution >= 0.6 is 0 Å². The van der Waals surface area contributed by atoms with E-state index in [2.05, 4.69) is 37.3 Å². The second-order valence-electron chi connectivity index (χ2n) is 5.41.